The van der Waals surface area contributed by atoms with E-state index in [-0.39, 0.29) is 5.91 Å². The maximum Gasteiger partial charge on any atom is 0.239 e. The molecule has 2 aromatic heterocycles. The number of carbonyl (C=O) groups excluding carboxylic acids is 1. The Morgan fingerprint density at radius 1 is 1.30 bits per heavy atom. The number of anilines is 1. The van der Waals surface area contributed by atoms with Gasteiger partial charge in [0.15, 0.2) is 0 Å². The first-order chi connectivity index (χ1) is 13.0. The van der Waals surface area contributed by atoms with Crippen molar-refractivity contribution >= 4 is 33.8 Å². The van der Waals surface area contributed by atoms with Gasteiger partial charge in [-0.25, -0.2) is 4.98 Å². The van der Waals surface area contributed by atoms with Crippen LogP contribution in [0.5, 0.6) is 0 Å². The molecule has 1 amide bonds. The van der Waals surface area contributed by atoms with Gasteiger partial charge in [-0.05, 0) is 49.7 Å². The quantitative estimate of drug-likeness (QED) is 0.706. The van der Waals surface area contributed by atoms with Crippen molar-refractivity contribution in [2.45, 2.75) is 20.3 Å². The number of amides is 1. The smallest absolute Gasteiger partial charge is 0.239 e. The summed E-state index contributed by atoms with van der Waals surface area (Å²) in [6.07, 6.45) is 3.06. The van der Waals surface area contributed by atoms with Crippen LogP contribution >= 0.6 is 11.3 Å². The van der Waals surface area contributed by atoms with Gasteiger partial charge in [-0.1, -0.05) is 30.4 Å². The number of benzene rings is 1. The summed E-state index contributed by atoms with van der Waals surface area (Å²) in [4.78, 5) is 18.8. The molecule has 1 saturated carbocycles. The molecule has 27 heavy (non-hydrogen) atoms. The highest BCUT2D eigenvalue weighted by molar-refractivity contribution is 7.14. The van der Waals surface area contributed by atoms with Crippen LogP contribution in [0.2, 0.25) is 0 Å². The van der Waals surface area contributed by atoms with E-state index in [1.54, 1.807) is 17.5 Å². The fraction of sp³-hybridized carbons (Fsp3) is 0.400. The Hall–Kier alpha value is -2.38. The molecule has 2 atom stereocenters. The second-order valence-corrected chi connectivity index (χ2v) is 8.66. The zero-order chi connectivity index (χ0) is 19.0. The van der Waals surface area contributed by atoms with Crippen LogP contribution in [-0.4, -0.2) is 46.1 Å². The maximum absolute atomic E-state index is 12.3. The zero-order valence-electron chi connectivity index (χ0n) is 15.8. The molecule has 140 valence electrons. The summed E-state index contributed by atoms with van der Waals surface area (Å²) in [6.45, 7) is 5.56. The number of aromatic nitrogens is 3. The molecule has 0 saturated heterocycles. The van der Waals surface area contributed by atoms with Crippen LogP contribution in [0.1, 0.15) is 18.4 Å². The highest BCUT2D eigenvalue weighted by atomic mass is 32.1. The first kappa shape index (κ1) is 18.0. The number of carbonyl (C=O) groups is 1. The SMILES string of the molecule is Cc1nnc(-c2ccc3cnc(NC(=O)CN(C)CC4CC4C)cc3c2)s1. The minimum absolute atomic E-state index is 0.0337. The third kappa shape index (κ3) is 4.31. The van der Waals surface area contributed by atoms with Gasteiger partial charge in [0.25, 0.3) is 0 Å². The first-order valence-electron chi connectivity index (χ1n) is 9.16. The molecular weight excluding hydrogens is 358 g/mol. The van der Waals surface area contributed by atoms with Gasteiger partial charge in [-0.3, -0.25) is 9.69 Å². The summed E-state index contributed by atoms with van der Waals surface area (Å²) < 4.78 is 0. The molecule has 1 fully saturated rings. The van der Waals surface area contributed by atoms with Gasteiger partial charge in [-0.2, -0.15) is 0 Å². The fourth-order valence-corrected chi connectivity index (χ4v) is 3.99. The van der Waals surface area contributed by atoms with Gasteiger partial charge in [0.05, 0.1) is 6.54 Å². The number of nitrogens with one attached hydrogen (secondary N) is 1. The monoisotopic (exact) mass is 381 g/mol. The predicted octanol–water partition coefficient (Wildman–Crippen LogP) is 3.59. The molecule has 1 aromatic carbocycles. The van der Waals surface area contributed by atoms with E-state index in [4.69, 9.17) is 0 Å². The molecule has 7 heteroatoms. The molecule has 4 rings (SSSR count). The van der Waals surface area contributed by atoms with Crippen molar-refractivity contribution < 1.29 is 4.79 Å². The Kier molecular flexibility index (Phi) is 4.88. The molecule has 0 bridgehead atoms. The number of likely N-dealkylation sites (N-methyl/N-ethyl adjacent to an activating group) is 1. The third-order valence-electron chi connectivity index (χ3n) is 5.00. The van der Waals surface area contributed by atoms with Gasteiger partial charge in [0.1, 0.15) is 15.8 Å². The molecule has 1 aliphatic rings. The van der Waals surface area contributed by atoms with Crippen molar-refractivity contribution in [2.24, 2.45) is 11.8 Å². The van der Waals surface area contributed by atoms with E-state index in [0.717, 1.165) is 44.7 Å². The van der Waals surface area contributed by atoms with E-state index in [1.165, 1.54) is 6.42 Å². The summed E-state index contributed by atoms with van der Waals surface area (Å²) >= 11 is 1.57. The molecule has 1 N–H and O–H groups in total. The molecule has 0 spiro atoms. The summed E-state index contributed by atoms with van der Waals surface area (Å²) in [7, 11) is 1.99. The Labute approximate surface area is 162 Å². The zero-order valence-corrected chi connectivity index (χ0v) is 16.6. The van der Waals surface area contributed by atoms with Crippen molar-refractivity contribution in [3.63, 3.8) is 0 Å². The van der Waals surface area contributed by atoms with Crippen LogP contribution in [0.15, 0.2) is 30.5 Å². The van der Waals surface area contributed by atoms with Gasteiger partial charge in [0, 0.05) is 23.7 Å². The summed E-state index contributed by atoms with van der Waals surface area (Å²) in [6, 6.07) is 8.02. The lowest BCUT2D eigenvalue weighted by molar-refractivity contribution is -0.117. The average Bonchev–Trinajstić information content (AvgIpc) is 3.13. The van der Waals surface area contributed by atoms with Crippen LogP contribution in [0.4, 0.5) is 5.82 Å². The second kappa shape index (κ2) is 7.32. The van der Waals surface area contributed by atoms with Crippen LogP contribution in [0.25, 0.3) is 21.3 Å². The lowest BCUT2D eigenvalue weighted by atomic mass is 10.1. The van der Waals surface area contributed by atoms with Gasteiger partial charge < -0.3 is 5.32 Å². The largest absolute Gasteiger partial charge is 0.310 e. The average molecular weight is 382 g/mol. The van der Waals surface area contributed by atoms with Gasteiger partial charge >= 0.3 is 0 Å². The third-order valence-corrected chi connectivity index (χ3v) is 5.89. The lowest BCUT2D eigenvalue weighted by Gasteiger charge is -2.16. The molecule has 2 unspecified atom stereocenters. The van der Waals surface area contributed by atoms with E-state index < -0.39 is 0 Å². The Morgan fingerprint density at radius 2 is 2.11 bits per heavy atom. The van der Waals surface area contributed by atoms with Crippen molar-refractivity contribution in [1.82, 2.24) is 20.1 Å². The summed E-state index contributed by atoms with van der Waals surface area (Å²) in [5.41, 5.74) is 1.02. The van der Waals surface area contributed by atoms with Crippen molar-refractivity contribution in [3.05, 3.63) is 35.5 Å². The van der Waals surface area contributed by atoms with E-state index in [2.05, 4.69) is 38.4 Å². The molecule has 6 nitrogen and oxygen atoms in total. The summed E-state index contributed by atoms with van der Waals surface area (Å²) in [5, 5.41) is 15.1. The second-order valence-electron chi connectivity index (χ2n) is 7.48. The number of hydrogen-bond acceptors (Lipinski definition) is 6. The minimum Gasteiger partial charge on any atom is -0.310 e. The molecule has 0 aliphatic heterocycles. The normalized spacial score (nSPS) is 18.8. The Morgan fingerprint density at radius 3 is 2.81 bits per heavy atom. The van der Waals surface area contributed by atoms with Crippen LogP contribution < -0.4 is 5.32 Å². The standard InChI is InChI=1S/C20H23N5OS/c1-12-6-17(12)10-25(3)11-19(26)22-18-8-16-7-14(4-5-15(16)9-21-18)20-24-23-13(2)27-20/h4-5,7-9,12,17H,6,10-11H2,1-3H3,(H,21,22,26). The van der Waals surface area contributed by atoms with Gasteiger partial charge in [0.2, 0.25) is 5.91 Å². The van der Waals surface area contributed by atoms with E-state index in [1.807, 2.05) is 32.2 Å². The van der Waals surface area contributed by atoms with Crippen LogP contribution in [0.3, 0.4) is 0 Å². The van der Waals surface area contributed by atoms with E-state index in [9.17, 15) is 4.79 Å². The molecule has 2 heterocycles. The molecule has 1 aliphatic carbocycles. The van der Waals surface area contributed by atoms with Crippen molar-refractivity contribution in [3.8, 4) is 10.6 Å². The number of pyridine rings is 1. The van der Waals surface area contributed by atoms with Gasteiger partial charge in [-0.15, -0.1) is 10.2 Å². The van der Waals surface area contributed by atoms with Crippen molar-refractivity contribution in [2.75, 3.05) is 25.5 Å². The van der Waals surface area contributed by atoms with E-state index in [0.29, 0.717) is 12.4 Å². The lowest BCUT2D eigenvalue weighted by Crippen LogP contribution is -2.32. The highest BCUT2D eigenvalue weighted by Crippen LogP contribution is 2.37. The maximum atomic E-state index is 12.3. The topological polar surface area (TPSA) is 71.0 Å². The minimum atomic E-state index is -0.0337. The predicted molar refractivity (Wildman–Crippen MR) is 109 cm³/mol. The fourth-order valence-electron chi connectivity index (χ4n) is 3.30. The highest BCUT2D eigenvalue weighted by Gasteiger charge is 2.33. The van der Waals surface area contributed by atoms with Crippen LogP contribution in [0, 0.1) is 18.8 Å². The number of fused-ring (bicyclic) bond motifs is 1. The molecular formula is C20H23N5OS. The van der Waals surface area contributed by atoms with Crippen LogP contribution in [-0.2, 0) is 4.79 Å². The number of aryl methyl sites for hydroxylation is 1. The number of rotatable bonds is 6. The Bertz CT molecular complexity index is 985. The first-order valence-corrected chi connectivity index (χ1v) is 9.98. The van der Waals surface area contributed by atoms with Crippen molar-refractivity contribution in [1.29, 1.82) is 0 Å². The summed E-state index contributed by atoms with van der Waals surface area (Å²) in [5.74, 6) is 2.08. The Balaban J connectivity index is 1.46. The molecule has 0 radical (unpaired) electrons. The van der Waals surface area contributed by atoms with E-state index >= 15 is 0 Å². The number of nitrogens with zero attached hydrogens (tertiary/aromatic N) is 4. The number of hydrogen-bond donors (Lipinski definition) is 1. The molecule has 3 aromatic rings.